The van der Waals surface area contributed by atoms with Crippen molar-refractivity contribution in [1.29, 1.82) is 0 Å². The van der Waals surface area contributed by atoms with Gasteiger partial charge in [-0.1, -0.05) is 87.0 Å². The van der Waals surface area contributed by atoms with E-state index in [0.717, 1.165) is 22.5 Å². The third-order valence-corrected chi connectivity index (χ3v) is 8.88. The van der Waals surface area contributed by atoms with Crippen LogP contribution in [0.1, 0.15) is 70.0 Å². The van der Waals surface area contributed by atoms with Gasteiger partial charge in [-0.15, -0.1) is 0 Å². The number of hydrogen-bond acceptors (Lipinski definition) is 6. The molecule has 2 aromatic carbocycles. The fourth-order valence-corrected chi connectivity index (χ4v) is 6.26. The minimum Gasteiger partial charge on any atom is -0.444 e. The first-order valence-electron chi connectivity index (χ1n) is 17.4. The predicted octanol–water partition coefficient (Wildman–Crippen LogP) is 5.66. The van der Waals surface area contributed by atoms with Gasteiger partial charge >= 0.3 is 12.1 Å². The quantitative estimate of drug-likeness (QED) is 0.192. The van der Waals surface area contributed by atoms with Gasteiger partial charge in [-0.25, -0.2) is 9.59 Å². The van der Waals surface area contributed by atoms with E-state index in [0.29, 0.717) is 38.9 Å². The highest BCUT2D eigenvalue weighted by molar-refractivity contribution is 5.88. The maximum absolute atomic E-state index is 14.3. The maximum atomic E-state index is 14.3. The highest BCUT2D eigenvalue weighted by Gasteiger charge is 2.41. The topological polar surface area (TPSA) is 124 Å². The second kappa shape index (κ2) is 17.3. The molecule has 5 atom stereocenters. The smallest absolute Gasteiger partial charge is 0.407 e. The van der Waals surface area contributed by atoms with E-state index in [1.807, 2.05) is 99.6 Å². The molecule has 0 aliphatic carbocycles. The molecule has 2 heterocycles. The third kappa shape index (κ3) is 11.3. The third-order valence-electron chi connectivity index (χ3n) is 8.88. The van der Waals surface area contributed by atoms with Crippen molar-refractivity contribution in [2.75, 3.05) is 13.1 Å². The molecule has 1 aliphatic heterocycles. The Morgan fingerprint density at radius 1 is 0.918 bits per heavy atom. The van der Waals surface area contributed by atoms with Gasteiger partial charge in [-0.2, -0.15) is 0 Å². The summed E-state index contributed by atoms with van der Waals surface area (Å²) in [7, 11) is 0. The normalized spacial score (nSPS) is 16.4. The largest absolute Gasteiger partial charge is 0.444 e. The number of nitrogens with zero attached hydrogens (tertiary/aromatic N) is 3. The van der Waals surface area contributed by atoms with Crippen LogP contribution in [0.5, 0.6) is 0 Å². The van der Waals surface area contributed by atoms with Crippen LogP contribution in [0.2, 0.25) is 0 Å². The van der Waals surface area contributed by atoms with Crippen LogP contribution >= 0.6 is 0 Å². The molecule has 0 spiro atoms. The van der Waals surface area contributed by atoms with Gasteiger partial charge < -0.3 is 30.3 Å². The minimum absolute atomic E-state index is 0.129. The number of rotatable bonds is 15. The molecule has 1 saturated heterocycles. The summed E-state index contributed by atoms with van der Waals surface area (Å²) >= 11 is 0. The van der Waals surface area contributed by atoms with Gasteiger partial charge in [0.2, 0.25) is 5.91 Å². The number of pyridine rings is 1. The molecule has 1 aliphatic rings. The average Bonchev–Trinajstić information content (AvgIpc) is 3.39. The van der Waals surface area contributed by atoms with Crippen molar-refractivity contribution in [3.8, 4) is 0 Å². The zero-order chi connectivity index (χ0) is 35.6. The lowest BCUT2D eigenvalue weighted by molar-refractivity contribution is -0.128. The van der Waals surface area contributed by atoms with Crippen LogP contribution in [0, 0.1) is 12.8 Å². The number of nitrogens with one attached hydrogen (secondary N) is 2. The highest BCUT2D eigenvalue weighted by atomic mass is 16.6. The lowest BCUT2D eigenvalue weighted by atomic mass is 9.92. The molecule has 10 heteroatoms. The first-order valence-corrected chi connectivity index (χ1v) is 17.4. The summed E-state index contributed by atoms with van der Waals surface area (Å²) < 4.78 is 5.55. The van der Waals surface area contributed by atoms with Gasteiger partial charge in [-0.05, 0) is 76.1 Å². The Bertz CT molecular complexity index is 1510. The molecule has 0 bridgehead atoms. The molecule has 3 N–H and O–H groups in total. The molecule has 1 fully saturated rings. The van der Waals surface area contributed by atoms with Gasteiger partial charge in [0.05, 0.1) is 24.4 Å². The maximum Gasteiger partial charge on any atom is 0.407 e. The van der Waals surface area contributed by atoms with E-state index in [1.165, 1.54) is 0 Å². The second-order valence-electron chi connectivity index (χ2n) is 14.1. The van der Waals surface area contributed by atoms with Crippen LogP contribution in [0.3, 0.4) is 0 Å². The Balaban J connectivity index is 1.55. The summed E-state index contributed by atoms with van der Waals surface area (Å²) in [5.74, 6) is -0.437. The van der Waals surface area contributed by atoms with E-state index >= 15 is 0 Å². The summed E-state index contributed by atoms with van der Waals surface area (Å²) in [5.41, 5.74) is 2.94. The minimum atomic E-state index is -1.02. The molecule has 4 amide bonds. The molecule has 0 saturated carbocycles. The molecular weight excluding hydrogens is 618 g/mol. The van der Waals surface area contributed by atoms with Crippen molar-refractivity contribution in [2.24, 2.45) is 5.92 Å². The Morgan fingerprint density at radius 3 is 2.14 bits per heavy atom. The molecule has 3 aromatic rings. The first kappa shape index (κ1) is 37.4. The van der Waals surface area contributed by atoms with Crippen LogP contribution < -0.4 is 10.6 Å². The van der Waals surface area contributed by atoms with Gasteiger partial charge in [0.1, 0.15) is 11.6 Å². The van der Waals surface area contributed by atoms with Crippen LogP contribution in [0.15, 0.2) is 78.9 Å². The fraction of sp³-hybridized carbons (Fsp3) is 0.487. The molecule has 0 unspecified atom stereocenters. The second-order valence-corrected chi connectivity index (χ2v) is 14.1. The van der Waals surface area contributed by atoms with Crippen LogP contribution in [-0.4, -0.2) is 80.8 Å². The number of urea groups is 1. The van der Waals surface area contributed by atoms with Crippen LogP contribution in [0.4, 0.5) is 9.59 Å². The van der Waals surface area contributed by atoms with Crippen molar-refractivity contribution in [3.05, 3.63) is 101 Å². The molecule has 4 rings (SSSR count). The van der Waals surface area contributed by atoms with E-state index < -0.39 is 35.9 Å². The van der Waals surface area contributed by atoms with Crippen molar-refractivity contribution in [2.45, 2.75) is 104 Å². The summed E-state index contributed by atoms with van der Waals surface area (Å²) in [5, 5.41) is 17.9. The van der Waals surface area contributed by atoms with Crippen LogP contribution in [-0.2, 0) is 28.9 Å². The Hall–Kier alpha value is -4.44. The number of benzene rings is 2. The summed E-state index contributed by atoms with van der Waals surface area (Å²) in [6, 6.07) is 23.1. The summed E-state index contributed by atoms with van der Waals surface area (Å²) in [4.78, 5) is 48.8. The number of aliphatic hydroxyl groups excluding tert-OH is 1. The van der Waals surface area contributed by atoms with Crippen molar-refractivity contribution in [1.82, 2.24) is 25.4 Å². The van der Waals surface area contributed by atoms with E-state index in [4.69, 9.17) is 4.74 Å². The molecule has 49 heavy (non-hydrogen) atoms. The number of alkyl carbamates (subject to hydrolysis) is 1. The lowest BCUT2D eigenvalue weighted by Gasteiger charge is -2.34. The number of aliphatic hydroxyl groups is 1. The predicted molar refractivity (Wildman–Crippen MR) is 191 cm³/mol. The number of hydrogen-bond donors (Lipinski definition) is 3. The monoisotopic (exact) mass is 671 g/mol. The Labute approximate surface area is 291 Å². The number of aryl methyl sites for hydroxylation is 1. The van der Waals surface area contributed by atoms with E-state index in [-0.39, 0.29) is 24.3 Å². The molecule has 264 valence electrons. The molecule has 1 aromatic heterocycles. The Kier molecular flexibility index (Phi) is 13.2. The fourth-order valence-electron chi connectivity index (χ4n) is 6.26. The lowest BCUT2D eigenvalue weighted by Crippen LogP contribution is -2.57. The summed E-state index contributed by atoms with van der Waals surface area (Å²) in [6.45, 7) is 12.6. The van der Waals surface area contributed by atoms with Crippen molar-refractivity contribution >= 4 is 18.0 Å². The van der Waals surface area contributed by atoms with Gasteiger partial charge in [0.25, 0.3) is 0 Å². The molecule has 10 nitrogen and oxygen atoms in total. The number of aromatic nitrogens is 1. The van der Waals surface area contributed by atoms with Gasteiger partial charge in [0.15, 0.2) is 0 Å². The van der Waals surface area contributed by atoms with E-state index in [1.54, 1.807) is 30.6 Å². The first-order chi connectivity index (χ1) is 23.3. The number of amides is 4. The Morgan fingerprint density at radius 2 is 1.55 bits per heavy atom. The number of carbonyl (C=O) groups excluding carboxylic acids is 3. The SMILES string of the molecule is CC[C@H](C)[C@@H](C(=O)N[C@@H](Cc1ccccc1)[C@@H](O)C[C@H](Cc1ccccc1)NC(=O)OC(C)(C)C)N1CCN(Cc2cccc(C)n2)C1=O. The van der Waals surface area contributed by atoms with E-state index in [2.05, 4.69) is 15.6 Å². The van der Waals surface area contributed by atoms with Gasteiger partial charge in [-0.3, -0.25) is 9.78 Å². The van der Waals surface area contributed by atoms with Crippen LogP contribution in [0.25, 0.3) is 0 Å². The molecular formula is C39H53N5O5. The molecule has 0 radical (unpaired) electrons. The van der Waals surface area contributed by atoms with E-state index in [9.17, 15) is 19.5 Å². The zero-order valence-electron chi connectivity index (χ0n) is 29.8. The number of ether oxygens (including phenoxy) is 1. The van der Waals surface area contributed by atoms with Crippen molar-refractivity contribution < 1.29 is 24.2 Å². The summed E-state index contributed by atoms with van der Waals surface area (Å²) in [6.07, 6.45) is 0.0889. The van der Waals surface area contributed by atoms with Gasteiger partial charge in [0, 0.05) is 24.8 Å². The highest BCUT2D eigenvalue weighted by Crippen LogP contribution is 2.23. The average molecular weight is 672 g/mol. The standard InChI is InChI=1S/C39H53N5O5/c1-7-27(2)35(44-22-21-43(38(44)48)26-31-20-14-15-28(3)40-31)36(46)42-33(24-30-18-12-9-13-19-30)34(45)25-32(23-29-16-10-8-11-17-29)41-37(47)49-39(4,5)6/h8-20,27,32-35,45H,7,21-26H2,1-6H3,(H,41,47)(H,42,46)/t27-,32-,33-,34-,35-/m0/s1. The zero-order valence-corrected chi connectivity index (χ0v) is 29.8. The van der Waals surface area contributed by atoms with Crippen molar-refractivity contribution in [3.63, 3.8) is 0 Å². The number of carbonyl (C=O) groups is 3.